The standard InChI is InChI=1S/C8H12F2N2O3/c9-8(10)3-5(15-7(8)14)4-12-2-1-6(11)13/h5,12H,1-4H2,(H2,11,13). The van der Waals surface area contributed by atoms with Crippen molar-refractivity contribution in [2.24, 2.45) is 5.73 Å². The number of alkyl halides is 2. The first kappa shape index (κ1) is 11.8. The molecule has 0 aromatic carbocycles. The Labute approximate surface area is 84.9 Å². The topological polar surface area (TPSA) is 81.4 Å². The summed E-state index contributed by atoms with van der Waals surface area (Å²) in [6.45, 7) is 0.392. The molecule has 15 heavy (non-hydrogen) atoms. The fraction of sp³-hybridized carbons (Fsp3) is 0.750. The largest absolute Gasteiger partial charge is 0.456 e. The Kier molecular flexibility index (Phi) is 3.57. The molecule has 1 unspecified atom stereocenters. The minimum absolute atomic E-state index is 0.106. The maximum Gasteiger partial charge on any atom is 0.377 e. The summed E-state index contributed by atoms with van der Waals surface area (Å²) in [6.07, 6.45) is -1.33. The van der Waals surface area contributed by atoms with Gasteiger partial charge in [0.15, 0.2) is 0 Å². The van der Waals surface area contributed by atoms with E-state index in [1.165, 1.54) is 0 Å². The lowest BCUT2D eigenvalue weighted by molar-refractivity contribution is -0.159. The molecule has 0 bridgehead atoms. The Hall–Kier alpha value is -1.24. The molecule has 86 valence electrons. The average Bonchev–Trinajstić information content (AvgIpc) is 2.35. The van der Waals surface area contributed by atoms with Gasteiger partial charge in [-0.2, -0.15) is 8.78 Å². The minimum Gasteiger partial charge on any atom is -0.456 e. The van der Waals surface area contributed by atoms with E-state index in [4.69, 9.17) is 5.73 Å². The third-order valence-electron chi connectivity index (χ3n) is 1.98. The summed E-state index contributed by atoms with van der Waals surface area (Å²) in [6, 6.07) is 0. The van der Waals surface area contributed by atoms with Crippen LogP contribution < -0.4 is 11.1 Å². The van der Waals surface area contributed by atoms with Crippen LogP contribution in [0.25, 0.3) is 0 Å². The van der Waals surface area contributed by atoms with Crippen LogP contribution >= 0.6 is 0 Å². The quantitative estimate of drug-likeness (QED) is 0.481. The fourth-order valence-corrected chi connectivity index (χ4v) is 1.24. The Bertz CT molecular complexity index is 271. The number of hydrogen-bond donors (Lipinski definition) is 2. The van der Waals surface area contributed by atoms with Gasteiger partial charge in [-0.25, -0.2) is 4.79 Å². The van der Waals surface area contributed by atoms with Gasteiger partial charge in [0, 0.05) is 19.5 Å². The number of cyclic esters (lactones) is 1. The number of esters is 1. The van der Waals surface area contributed by atoms with Crippen molar-refractivity contribution >= 4 is 11.9 Å². The van der Waals surface area contributed by atoms with Crippen LogP contribution in [0.3, 0.4) is 0 Å². The number of nitrogens with one attached hydrogen (secondary N) is 1. The molecule has 1 rings (SSSR count). The molecule has 0 saturated carbocycles. The van der Waals surface area contributed by atoms with Gasteiger partial charge in [0.1, 0.15) is 6.10 Å². The van der Waals surface area contributed by atoms with Crippen molar-refractivity contribution in [3.05, 3.63) is 0 Å². The highest BCUT2D eigenvalue weighted by molar-refractivity contribution is 5.79. The molecule has 7 heteroatoms. The van der Waals surface area contributed by atoms with Crippen molar-refractivity contribution in [2.45, 2.75) is 24.9 Å². The molecule has 1 saturated heterocycles. The predicted molar refractivity (Wildman–Crippen MR) is 46.1 cm³/mol. The predicted octanol–water partition coefficient (Wildman–Crippen LogP) is -0.598. The highest BCUT2D eigenvalue weighted by atomic mass is 19.3. The highest BCUT2D eigenvalue weighted by Gasteiger charge is 2.50. The summed E-state index contributed by atoms with van der Waals surface area (Å²) >= 11 is 0. The molecule has 1 amide bonds. The van der Waals surface area contributed by atoms with Gasteiger partial charge >= 0.3 is 11.9 Å². The molecular formula is C8H12F2N2O3. The molecule has 0 spiro atoms. The summed E-state index contributed by atoms with van der Waals surface area (Å²) in [5.74, 6) is -5.34. The molecule has 0 aliphatic carbocycles. The Morgan fingerprint density at radius 2 is 2.33 bits per heavy atom. The van der Waals surface area contributed by atoms with Crippen LogP contribution in [0.5, 0.6) is 0 Å². The second kappa shape index (κ2) is 4.52. The van der Waals surface area contributed by atoms with Gasteiger partial charge in [-0.3, -0.25) is 4.79 Å². The first-order chi connectivity index (χ1) is 6.92. The van der Waals surface area contributed by atoms with Gasteiger partial charge in [-0.05, 0) is 0 Å². The van der Waals surface area contributed by atoms with E-state index in [0.717, 1.165) is 0 Å². The first-order valence-corrected chi connectivity index (χ1v) is 4.50. The van der Waals surface area contributed by atoms with E-state index in [2.05, 4.69) is 10.1 Å². The summed E-state index contributed by atoms with van der Waals surface area (Å²) in [5.41, 5.74) is 4.87. The molecule has 0 aromatic rings. The van der Waals surface area contributed by atoms with E-state index in [0.29, 0.717) is 0 Å². The molecule has 1 heterocycles. The lowest BCUT2D eigenvalue weighted by atomic mass is 10.2. The van der Waals surface area contributed by atoms with Gasteiger partial charge < -0.3 is 15.8 Å². The number of nitrogens with two attached hydrogens (primary N) is 1. The van der Waals surface area contributed by atoms with Crippen molar-refractivity contribution in [1.29, 1.82) is 0 Å². The second-order valence-electron chi connectivity index (χ2n) is 3.36. The van der Waals surface area contributed by atoms with Gasteiger partial charge in [0.2, 0.25) is 5.91 Å². The van der Waals surface area contributed by atoms with Crippen molar-refractivity contribution in [1.82, 2.24) is 5.32 Å². The van der Waals surface area contributed by atoms with Crippen LogP contribution in [0.15, 0.2) is 0 Å². The minimum atomic E-state index is -3.38. The molecule has 1 aliphatic heterocycles. The van der Waals surface area contributed by atoms with Gasteiger partial charge in [0.05, 0.1) is 6.42 Å². The van der Waals surface area contributed by atoms with Gasteiger partial charge in [0.25, 0.3) is 0 Å². The van der Waals surface area contributed by atoms with Gasteiger partial charge in [-0.1, -0.05) is 0 Å². The van der Waals surface area contributed by atoms with Crippen molar-refractivity contribution in [3.8, 4) is 0 Å². The molecule has 3 N–H and O–H groups in total. The zero-order chi connectivity index (χ0) is 11.5. The fourth-order valence-electron chi connectivity index (χ4n) is 1.24. The number of halogens is 2. The zero-order valence-electron chi connectivity index (χ0n) is 7.96. The maximum absolute atomic E-state index is 12.6. The second-order valence-corrected chi connectivity index (χ2v) is 3.36. The smallest absolute Gasteiger partial charge is 0.377 e. The monoisotopic (exact) mass is 222 g/mol. The molecule has 5 nitrogen and oxygen atoms in total. The van der Waals surface area contributed by atoms with E-state index in [-0.39, 0.29) is 19.5 Å². The van der Waals surface area contributed by atoms with E-state index in [9.17, 15) is 18.4 Å². The van der Waals surface area contributed by atoms with Crippen molar-refractivity contribution in [3.63, 3.8) is 0 Å². The number of rotatable bonds is 5. The van der Waals surface area contributed by atoms with E-state index in [1.54, 1.807) is 0 Å². The van der Waals surface area contributed by atoms with Crippen LogP contribution in [0.1, 0.15) is 12.8 Å². The van der Waals surface area contributed by atoms with E-state index < -0.39 is 30.3 Å². The summed E-state index contributed by atoms with van der Waals surface area (Å²) in [4.78, 5) is 20.9. The van der Waals surface area contributed by atoms with Crippen LogP contribution in [0.4, 0.5) is 8.78 Å². The number of amides is 1. The number of primary amides is 1. The highest BCUT2D eigenvalue weighted by Crippen LogP contribution is 2.30. The van der Waals surface area contributed by atoms with E-state index >= 15 is 0 Å². The molecule has 0 radical (unpaired) electrons. The SMILES string of the molecule is NC(=O)CCNCC1CC(F)(F)C(=O)O1. The lowest BCUT2D eigenvalue weighted by Crippen LogP contribution is -2.30. The normalized spacial score (nSPS) is 23.9. The Morgan fingerprint density at radius 3 is 2.80 bits per heavy atom. The first-order valence-electron chi connectivity index (χ1n) is 4.50. The Balaban J connectivity index is 2.19. The third-order valence-corrected chi connectivity index (χ3v) is 1.98. The molecule has 0 aromatic heterocycles. The van der Waals surface area contributed by atoms with Crippen molar-refractivity contribution in [2.75, 3.05) is 13.1 Å². The van der Waals surface area contributed by atoms with Crippen LogP contribution in [-0.2, 0) is 14.3 Å². The van der Waals surface area contributed by atoms with Crippen molar-refractivity contribution < 1.29 is 23.1 Å². The molecular weight excluding hydrogens is 210 g/mol. The van der Waals surface area contributed by atoms with Crippen LogP contribution in [0.2, 0.25) is 0 Å². The molecule has 1 atom stereocenters. The summed E-state index contributed by atoms with van der Waals surface area (Å²) in [7, 11) is 0. The molecule has 1 fully saturated rings. The number of carbonyl (C=O) groups is 2. The summed E-state index contributed by atoms with van der Waals surface area (Å²) < 4.78 is 29.7. The lowest BCUT2D eigenvalue weighted by Gasteiger charge is -2.08. The molecule has 1 aliphatic rings. The average molecular weight is 222 g/mol. The number of hydrogen-bond acceptors (Lipinski definition) is 4. The van der Waals surface area contributed by atoms with E-state index in [1.807, 2.05) is 0 Å². The third kappa shape index (κ3) is 3.43. The Morgan fingerprint density at radius 1 is 1.67 bits per heavy atom. The number of carbonyl (C=O) groups excluding carboxylic acids is 2. The van der Waals surface area contributed by atoms with Gasteiger partial charge in [-0.15, -0.1) is 0 Å². The zero-order valence-corrected chi connectivity index (χ0v) is 7.96. The van der Waals surface area contributed by atoms with Crippen LogP contribution in [-0.4, -0.2) is 37.0 Å². The van der Waals surface area contributed by atoms with Crippen LogP contribution in [0, 0.1) is 0 Å². The number of ether oxygens (including phenoxy) is 1. The summed E-state index contributed by atoms with van der Waals surface area (Å²) in [5, 5.41) is 2.71. The maximum atomic E-state index is 12.6.